The summed E-state index contributed by atoms with van der Waals surface area (Å²) >= 11 is 0. The topological polar surface area (TPSA) is 65.1 Å². The second kappa shape index (κ2) is 4.88. The van der Waals surface area contributed by atoms with E-state index in [0.29, 0.717) is 16.9 Å². The number of aromatic nitrogens is 5. The molecule has 6 heteroatoms. The van der Waals surface area contributed by atoms with Gasteiger partial charge in [-0.1, -0.05) is 24.8 Å². The highest BCUT2D eigenvalue weighted by atomic mass is 16.1. The fraction of sp³-hybridized carbons (Fsp3) is 0.0588. The van der Waals surface area contributed by atoms with Crippen molar-refractivity contribution < 1.29 is 0 Å². The van der Waals surface area contributed by atoms with Gasteiger partial charge in [0.05, 0.1) is 0 Å². The molecule has 0 amide bonds. The van der Waals surface area contributed by atoms with Crippen molar-refractivity contribution in [3.05, 3.63) is 71.0 Å². The van der Waals surface area contributed by atoms with Crippen LogP contribution >= 0.6 is 0 Å². The van der Waals surface area contributed by atoms with Crippen molar-refractivity contribution in [2.24, 2.45) is 0 Å². The zero-order valence-electron chi connectivity index (χ0n) is 12.5. The Morgan fingerprint density at radius 1 is 1.17 bits per heavy atom. The Balaban J connectivity index is 2.04. The lowest BCUT2D eigenvalue weighted by molar-refractivity contribution is 0.987. The number of imidazole rings is 1. The summed E-state index contributed by atoms with van der Waals surface area (Å²) in [6, 6.07) is 7.71. The van der Waals surface area contributed by atoms with Crippen LogP contribution < -0.4 is 5.56 Å². The molecule has 0 aliphatic carbocycles. The van der Waals surface area contributed by atoms with E-state index < -0.39 is 0 Å². The van der Waals surface area contributed by atoms with Crippen molar-refractivity contribution in [2.75, 3.05) is 0 Å². The van der Waals surface area contributed by atoms with Crippen molar-refractivity contribution in [3.8, 4) is 5.69 Å². The molecule has 0 spiro atoms. The van der Waals surface area contributed by atoms with Crippen molar-refractivity contribution in [3.63, 3.8) is 0 Å². The molecule has 3 aromatic heterocycles. The number of aryl methyl sites for hydroxylation is 1. The largest absolute Gasteiger partial charge is 0.293 e. The first-order valence-electron chi connectivity index (χ1n) is 7.12. The third-order valence-electron chi connectivity index (χ3n) is 3.71. The summed E-state index contributed by atoms with van der Waals surface area (Å²) in [5, 5.41) is 0. The Hall–Kier alpha value is -3.28. The van der Waals surface area contributed by atoms with Crippen LogP contribution in [0.1, 0.15) is 11.1 Å². The number of fused-ring (bicyclic) bond motifs is 2. The van der Waals surface area contributed by atoms with Crippen LogP contribution in [0, 0.1) is 6.92 Å². The minimum absolute atomic E-state index is 0.188. The van der Waals surface area contributed by atoms with E-state index in [2.05, 4.69) is 21.5 Å². The molecule has 0 N–H and O–H groups in total. The molecule has 0 atom stereocenters. The van der Waals surface area contributed by atoms with E-state index >= 15 is 0 Å². The van der Waals surface area contributed by atoms with Gasteiger partial charge in [0.15, 0.2) is 11.2 Å². The zero-order valence-corrected chi connectivity index (χ0v) is 12.5. The predicted octanol–water partition coefficient (Wildman–Crippen LogP) is 2.38. The number of nitrogens with zero attached hydrogens (tertiary/aromatic N) is 5. The third-order valence-corrected chi connectivity index (χ3v) is 3.71. The lowest BCUT2D eigenvalue weighted by Crippen LogP contribution is -2.18. The first-order valence-corrected chi connectivity index (χ1v) is 7.12. The van der Waals surface area contributed by atoms with E-state index in [4.69, 9.17) is 0 Å². The highest BCUT2D eigenvalue weighted by molar-refractivity contribution is 5.74. The fourth-order valence-electron chi connectivity index (χ4n) is 2.54. The van der Waals surface area contributed by atoms with Crippen LogP contribution in [0.15, 0.2) is 54.4 Å². The Kier molecular flexibility index (Phi) is 2.84. The monoisotopic (exact) mass is 303 g/mol. The molecule has 1 aromatic carbocycles. The highest BCUT2D eigenvalue weighted by Crippen LogP contribution is 2.15. The van der Waals surface area contributed by atoms with Gasteiger partial charge in [-0.2, -0.15) is 4.98 Å². The molecule has 0 saturated heterocycles. The molecule has 3 heterocycles. The van der Waals surface area contributed by atoms with Gasteiger partial charge >= 0.3 is 0 Å². The van der Waals surface area contributed by atoms with E-state index in [0.717, 1.165) is 16.8 Å². The summed E-state index contributed by atoms with van der Waals surface area (Å²) in [6.07, 6.45) is 6.79. The summed E-state index contributed by atoms with van der Waals surface area (Å²) in [7, 11) is 0. The van der Waals surface area contributed by atoms with Gasteiger partial charge in [0.2, 0.25) is 5.78 Å². The molecule has 23 heavy (non-hydrogen) atoms. The smallest absolute Gasteiger partial charge is 0.285 e. The number of rotatable bonds is 2. The lowest BCUT2D eigenvalue weighted by atomic mass is 10.2. The Labute approximate surface area is 131 Å². The van der Waals surface area contributed by atoms with Gasteiger partial charge in [0.1, 0.15) is 6.33 Å². The third kappa shape index (κ3) is 2.03. The molecular formula is C17H13N5O. The van der Waals surface area contributed by atoms with Crippen molar-refractivity contribution >= 4 is 23.0 Å². The van der Waals surface area contributed by atoms with Crippen LogP contribution in [0.5, 0.6) is 0 Å². The number of hydrogen-bond donors (Lipinski definition) is 0. The van der Waals surface area contributed by atoms with Gasteiger partial charge in [-0.15, -0.1) is 0 Å². The molecule has 4 aromatic rings. The van der Waals surface area contributed by atoms with Gasteiger partial charge in [0.25, 0.3) is 5.56 Å². The molecule has 0 radical (unpaired) electrons. The molecule has 0 aliphatic rings. The van der Waals surface area contributed by atoms with Gasteiger partial charge in [0, 0.05) is 18.1 Å². The second-order valence-corrected chi connectivity index (χ2v) is 5.30. The molecule has 0 bridgehead atoms. The van der Waals surface area contributed by atoms with Crippen LogP contribution in [0.25, 0.3) is 28.7 Å². The van der Waals surface area contributed by atoms with Gasteiger partial charge in [-0.25, -0.2) is 14.4 Å². The Morgan fingerprint density at radius 2 is 1.96 bits per heavy atom. The average Bonchev–Trinajstić information content (AvgIpc) is 3.00. The van der Waals surface area contributed by atoms with Crippen LogP contribution in [0.4, 0.5) is 0 Å². The van der Waals surface area contributed by atoms with Gasteiger partial charge in [-0.3, -0.25) is 9.36 Å². The summed E-state index contributed by atoms with van der Waals surface area (Å²) in [6.45, 7) is 5.62. The summed E-state index contributed by atoms with van der Waals surface area (Å²) in [4.78, 5) is 25.6. The average molecular weight is 303 g/mol. The maximum absolute atomic E-state index is 12.8. The van der Waals surface area contributed by atoms with E-state index in [-0.39, 0.29) is 5.56 Å². The SMILES string of the molecule is C=Cc1ccc(-n2cnc3nc4ncc(C)cn4c(=O)c32)cc1. The molecule has 0 saturated carbocycles. The standard InChI is InChI=1S/C17H13N5O/c1-3-12-4-6-13(7-5-12)22-10-19-15-14(22)16(23)21-9-11(2)8-18-17(21)20-15/h3-10H,1H2,2H3. The zero-order chi connectivity index (χ0) is 16.0. The lowest BCUT2D eigenvalue weighted by Gasteiger charge is -2.05. The van der Waals surface area contributed by atoms with E-state index in [1.807, 2.05) is 31.2 Å². The summed E-state index contributed by atoms with van der Waals surface area (Å²) < 4.78 is 3.19. The minimum Gasteiger partial charge on any atom is -0.293 e. The first kappa shape index (κ1) is 13.4. The van der Waals surface area contributed by atoms with E-state index in [1.165, 1.54) is 4.40 Å². The van der Waals surface area contributed by atoms with Crippen molar-refractivity contribution in [2.45, 2.75) is 6.92 Å². The van der Waals surface area contributed by atoms with E-state index in [1.54, 1.807) is 29.4 Å². The van der Waals surface area contributed by atoms with Crippen LogP contribution in [-0.4, -0.2) is 23.9 Å². The number of hydrogen-bond acceptors (Lipinski definition) is 4. The highest BCUT2D eigenvalue weighted by Gasteiger charge is 2.13. The maximum atomic E-state index is 12.8. The molecule has 0 aliphatic heterocycles. The molecule has 0 unspecified atom stereocenters. The maximum Gasteiger partial charge on any atom is 0.285 e. The summed E-state index contributed by atoms with van der Waals surface area (Å²) in [5.74, 6) is 0.348. The molecule has 112 valence electrons. The van der Waals surface area contributed by atoms with Crippen molar-refractivity contribution in [1.29, 1.82) is 0 Å². The normalized spacial score (nSPS) is 11.2. The summed E-state index contributed by atoms with van der Waals surface area (Å²) in [5.41, 5.74) is 3.38. The Bertz CT molecular complexity index is 1110. The van der Waals surface area contributed by atoms with Gasteiger partial charge in [-0.05, 0) is 30.2 Å². The molecule has 6 nitrogen and oxygen atoms in total. The molecule has 4 rings (SSSR count). The first-order chi connectivity index (χ1) is 11.2. The minimum atomic E-state index is -0.188. The molecular weight excluding hydrogens is 290 g/mol. The van der Waals surface area contributed by atoms with Crippen LogP contribution in [0.3, 0.4) is 0 Å². The van der Waals surface area contributed by atoms with Gasteiger partial charge < -0.3 is 0 Å². The quantitative estimate of drug-likeness (QED) is 0.570. The van der Waals surface area contributed by atoms with E-state index in [9.17, 15) is 4.79 Å². The van der Waals surface area contributed by atoms with Crippen LogP contribution in [-0.2, 0) is 0 Å². The second-order valence-electron chi connectivity index (χ2n) is 5.30. The van der Waals surface area contributed by atoms with Crippen molar-refractivity contribution in [1.82, 2.24) is 23.9 Å². The Morgan fingerprint density at radius 3 is 2.70 bits per heavy atom. The number of benzene rings is 1. The molecule has 0 fully saturated rings. The fourth-order valence-corrected chi connectivity index (χ4v) is 2.54. The predicted molar refractivity (Wildman–Crippen MR) is 88.7 cm³/mol. The van der Waals surface area contributed by atoms with Crippen LogP contribution in [0.2, 0.25) is 0 Å².